The van der Waals surface area contributed by atoms with E-state index in [1.807, 2.05) is 24.3 Å². The first-order valence-electron chi connectivity index (χ1n) is 8.40. The molecule has 0 aromatic heterocycles. The monoisotopic (exact) mass is 327 g/mol. The molecule has 0 N–H and O–H groups in total. The van der Waals surface area contributed by atoms with Gasteiger partial charge in [0.15, 0.2) is 11.5 Å². The van der Waals surface area contributed by atoms with Gasteiger partial charge in [0, 0.05) is 19.6 Å². The zero-order valence-electron chi connectivity index (χ0n) is 14.4. The average molecular weight is 327 g/mol. The lowest BCUT2D eigenvalue weighted by Crippen LogP contribution is -2.44. The second-order valence-electron chi connectivity index (χ2n) is 6.18. The van der Waals surface area contributed by atoms with Gasteiger partial charge in [0.05, 0.1) is 13.7 Å². The van der Waals surface area contributed by atoms with Crippen molar-refractivity contribution < 1.29 is 14.2 Å². The molecule has 3 rings (SSSR count). The lowest BCUT2D eigenvalue weighted by atomic mass is 10.1. The first-order chi connectivity index (χ1) is 11.7. The molecule has 1 unspecified atom stereocenters. The van der Waals surface area contributed by atoms with E-state index in [0.717, 1.165) is 37.7 Å². The molecule has 2 aromatic rings. The van der Waals surface area contributed by atoms with Gasteiger partial charge in [-0.1, -0.05) is 42.0 Å². The zero-order chi connectivity index (χ0) is 16.8. The molecule has 1 heterocycles. The molecule has 2 aromatic carbocycles. The number of ether oxygens (including phenoxy) is 3. The summed E-state index contributed by atoms with van der Waals surface area (Å²) < 4.78 is 17.1. The number of hydrogen-bond donors (Lipinski definition) is 0. The third-order valence-electron chi connectivity index (χ3n) is 4.24. The van der Waals surface area contributed by atoms with Gasteiger partial charge in [-0.25, -0.2) is 0 Å². The van der Waals surface area contributed by atoms with Crippen molar-refractivity contribution in [1.29, 1.82) is 0 Å². The zero-order valence-corrected chi connectivity index (χ0v) is 14.4. The molecule has 0 aliphatic carbocycles. The number of hydrogen-bond acceptors (Lipinski definition) is 4. The van der Waals surface area contributed by atoms with Crippen molar-refractivity contribution in [3.05, 3.63) is 59.7 Å². The van der Waals surface area contributed by atoms with E-state index in [-0.39, 0.29) is 6.10 Å². The second kappa shape index (κ2) is 8.18. The number of rotatable bonds is 6. The van der Waals surface area contributed by atoms with E-state index in [9.17, 15) is 0 Å². The van der Waals surface area contributed by atoms with E-state index in [2.05, 4.69) is 36.1 Å². The third-order valence-corrected chi connectivity index (χ3v) is 4.24. The van der Waals surface area contributed by atoms with E-state index in [0.29, 0.717) is 6.61 Å². The highest BCUT2D eigenvalue weighted by atomic mass is 16.5. The Balaban J connectivity index is 1.52. The lowest BCUT2D eigenvalue weighted by Gasteiger charge is -2.32. The van der Waals surface area contributed by atoms with Crippen LogP contribution in [0.15, 0.2) is 48.5 Å². The number of nitrogens with zero attached hydrogens (tertiary/aromatic N) is 1. The summed E-state index contributed by atoms with van der Waals surface area (Å²) in [4.78, 5) is 2.42. The minimum atomic E-state index is 0.0779. The van der Waals surface area contributed by atoms with Crippen LogP contribution in [-0.4, -0.2) is 44.4 Å². The largest absolute Gasteiger partial charge is 0.493 e. The molecule has 1 saturated heterocycles. The highest BCUT2D eigenvalue weighted by Crippen LogP contribution is 2.26. The Kier molecular flexibility index (Phi) is 5.72. The van der Waals surface area contributed by atoms with E-state index in [1.54, 1.807) is 7.11 Å². The minimum Gasteiger partial charge on any atom is -0.493 e. The minimum absolute atomic E-state index is 0.0779. The summed E-state index contributed by atoms with van der Waals surface area (Å²) in [7, 11) is 1.66. The number of morpholine rings is 1. The highest BCUT2D eigenvalue weighted by Gasteiger charge is 2.21. The third kappa shape index (κ3) is 4.49. The lowest BCUT2D eigenvalue weighted by molar-refractivity contribution is -0.0506. The maximum atomic E-state index is 5.91. The van der Waals surface area contributed by atoms with Crippen molar-refractivity contribution in [3.8, 4) is 11.5 Å². The molecule has 0 saturated carbocycles. The average Bonchev–Trinajstić information content (AvgIpc) is 2.62. The molecule has 1 fully saturated rings. The van der Waals surface area contributed by atoms with Gasteiger partial charge in [0.2, 0.25) is 0 Å². The number of para-hydroxylation sites is 2. The Morgan fingerprint density at radius 1 is 1.08 bits per heavy atom. The molecule has 0 spiro atoms. The Hall–Kier alpha value is -2.04. The van der Waals surface area contributed by atoms with Crippen molar-refractivity contribution in [3.63, 3.8) is 0 Å². The summed E-state index contributed by atoms with van der Waals surface area (Å²) in [5.74, 6) is 1.52. The van der Waals surface area contributed by atoms with E-state index in [1.165, 1.54) is 11.1 Å². The summed E-state index contributed by atoms with van der Waals surface area (Å²) >= 11 is 0. The van der Waals surface area contributed by atoms with Crippen LogP contribution in [0.4, 0.5) is 0 Å². The van der Waals surface area contributed by atoms with Gasteiger partial charge in [-0.15, -0.1) is 0 Å². The van der Waals surface area contributed by atoms with Gasteiger partial charge >= 0.3 is 0 Å². The summed E-state index contributed by atoms with van der Waals surface area (Å²) in [5, 5.41) is 0. The fraction of sp³-hybridized carbons (Fsp3) is 0.400. The molecule has 128 valence electrons. The van der Waals surface area contributed by atoms with Crippen LogP contribution in [0.2, 0.25) is 0 Å². The molecule has 1 aliphatic heterocycles. The van der Waals surface area contributed by atoms with Gasteiger partial charge in [0.25, 0.3) is 0 Å². The quantitative estimate of drug-likeness (QED) is 0.815. The van der Waals surface area contributed by atoms with E-state index >= 15 is 0 Å². The maximum Gasteiger partial charge on any atom is 0.161 e. The number of benzene rings is 2. The van der Waals surface area contributed by atoms with Gasteiger partial charge in [0.1, 0.15) is 12.7 Å². The van der Waals surface area contributed by atoms with Crippen LogP contribution in [0.3, 0.4) is 0 Å². The molecular weight excluding hydrogens is 302 g/mol. The van der Waals surface area contributed by atoms with Gasteiger partial charge in [-0.2, -0.15) is 0 Å². The first kappa shape index (κ1) is 16.8. The van der Waals surface area contributed by atoms with E-state index < -0.39 is 0 Å². The molecular formula is C20H25NO3. The van der Waals surface area contributed by atoms with E-state index in [4.69, 9.17) is 14.2 Å². The summed E-state index contributed by atoms with van der Waals surface area (Å²) in [5.41, 5.74) is 2.63. The molecule has 4 nitrogen and oxygen atoms in total. The molecule has 24 heavy (non-hydrogen) atoms. The first-order valence-corrected chi connectivity index (χ1v) is 8.40. The molecule has 0 radical (unpaired) electrons. The van der Waals surface area contributed by atoms with Crippen LogP contribution in [0.25, 0.3) is 0 Å². The van der Waals surface area contributed by atoms with Crippen LogP contribution in [0.5, 0.6) is 11.5 Å². The van der Waals surface area contributed by atoms with Crippen LogP contribution in [-0.2, 0) is 11.3 Å². The molecule has 4 heteroatoms. The maximum absolute atomic E-state index is 5.91. The second-order valence-corrected chi connectivity index (χ2v) is 6.18. The predicted molar refractivity (Wildman–Crippen MR) is 94.7 cm³/mol. The van der Waals surface area contributed by atoms with Crippen molar-refractivity contribution in [2.24, 2.45) is 0 Å². The summed E-state index contributed by atoms with van der Waals surface area (Å²) in [6.45, 7) is 6.18. The van der Waals surface area contributed by atoms with Crippen LogP contribution in [0, 0.1) is 6.92 Å². The van der Waals surface area contributed by atoms with Gasteiger partial charge < -0.3 is 14.2 Å². The summed E-state index contributed by atoms with van der Waals surface area (Å²) in [6, 6.07) is 16.4. The van der Waals surface area contributed by atoms with Crippen molar-refractivity contribution in [2.75, 3.05) is 33.4 Å². The highest BCUT2D eigenvalue weighted by molar-refractivity contribution is 5.39. The fourth-order valence-corrected chi connectivity index (χ4v) is 2.90. The number of aryl methyl sites for hydroxylation is 1. The summed E-state index contributed by atoms with van der Waals surface area (Å²) in [6.07, 6.45) is 0.0779. The van der Waals surface area contributed by atoms with Gasteiger partial charge in [-0.05, 0) is 24.6 Å². The Labute approximate surface area is 144 Å². The number of methoxy groups -OCH3 is 1. The fourth-order valence-electron chi connectivity index (χ4n) is 2.90. The molecule has 1 atom stereocenters. The smallest absolute Gasteiger partial charge is 0.161 e. The predicted octanol–water partition coefficient (Wildman–Crippen LogP) is 3.28. The SMILES string of the molecule is COc1ccccc1OCC1CN(Cc2ccc(C)cc2)CCO1. The Morgan fingerprint density at radius 2 is 1.83 bits per heavy atom. The molecule has 0 bridgehead atoms. The van der Waals surface area contributed by atoms with Crippen molar-refractivity contribution >= 4 is 0 Å². The Bertz CT molecular complexity index is 642. The van der Waals surface area contributed by atoms with Crippen LogP contribution >= 0.6 is 0 Å². The van der Waals surface area contributed by atoms with Crippen LogP contribution in [0.1, 0.15) is 11.1 Å². The standard InChI is InChI=1S/C20H25NO3/c1-16-7-9-17(10-8-16)13-21-11-12-23-18(14-21)15-24-20-6-4-3-5-19(20)22-2/h3-10,18H,11-15H2,1-2H3. The van der Waals surface area contributed by atoms with Crippen molar-refractivity contribution in [2.45, 2.75) is 19.6 Å². The normalized spacial score (nSPS) is 18.3. The van der Waals surface area contributed by atoms with Crippen molar-refractivity contribution in [1.82, 2.24) is 4.90 Å². The Morgan fingerprint density at radius 3 is 2.58 bits per heavy atom. The van der Waals surface area contributed by atoms with Crippen LogP contribution < -0.4 is 9.47 Å². The molecule has 1 aliphatic rings. The molecule has 0 amide bonds. The topological polar surface area (TPSA) is 30.9 Å². The van der Waals surface area contributed by atoms with Gasteiger partial charge in [-0.3, -0.25) is 4.90 Å².